The molecule has 0 aliphatic rings. The molecule has 6 heteroatoms. The minimum atomic E-state index is -0.766. The molecule has 342 valence electrons. The highest BCUT2D eigenvalue weighted by Gasteiger charge is 2.19. The molecule has 0 aliphatic heterocycles. The van der Waals surface area contributed by atoms with Crippen molar-refractivity contribution in [1.82, 2.24) is 0 Å². The summed E-state index contributed by atoms with van der Waals surface area (Å²) in [4.78, 5) is 37.8. The standard InChI is InChI=1S/C52H98O6/c1-4-7-10-13-16-19-21-23-25-26-28-29-31-33-36-39-42-45-51(54)57-48-49(47-56-50(53)44-41-38-35-18-15-12-9-6-3)58-52(55)46-43-40-37-34-32-30-27-24-22-20-17-14-11-8-5-2/h24,27,49H,4-23,25-26,28-48H2,1-3H3/b27-24-. The Bertz CT molecular complexity index is 900. The molecule has 0 radical (unpaired) electrons. The number of carbonyl (C=O) groups excluding carboxylic acids is 3. The van der Waals surface area contributed by atoms with E-state index >= 15 is 0 Å². The minimum absolute atomic E-state index is 0.0685. The molecule has 0 fully saturated rings. The van der Waals surface area contributed by atoms with Crippen LogP contribution >= 0.6 is 0 Å². The van der Waals surface area contributed by atoms with Crippen molar-refractivity contribution in [3.8, 4) is 0 Å². The lowest BCUT2D eigenvalue weighted by Gasteiger charge is -2.18. The Balaban J connectivity index is 4.25. The quantitative estimate of drug-likeness (QED) is 0.0263. The highest BCUT2D eigenvalue weighted by atomic mass is 16.6. The lowest BCUT2D eigenvalue weighted by Crippen LogP contribution is -2.30. The molecule has 0 spiro atoms. The highest BCUT2D eigenvalue weighted by molar-refractivity contribution is 5.71. The summed E-state index contributed by atoms with van der Waals surface area (Å²) < 4.78 is 16.7. The van der Waals surface area contributed by atoms with E-state index in [2.05, 4.69) is 32.9 Å². The summed E-state index contributed by atoms with van der Waals surface area (Å²) in [6.45, 7) is 6.63. The van der Waals surface area contributed by atoms with Crippen LogP contribution in [0.3, 0.4) is 0 Å². The maximum absolute atomic E-state index is 12.7. The third-order valence-corrected chi connectivity index (χ3v) is 11.5. The molecular formula is C52H98O6. The van der Waals surface area contributed by atoms with Crippen molar-refractivity contribution in [3.05, 3.63) is 12.2 Å². The van der Waals surface area contributed by atoms with Crippen LogP contribution in [-0.4, -0.2) is 37.2 Å². The van der Waals surface area contributed by atoms with Crippen LogP contribution in [0.2, 0.25) is 0 Å². The van der Waals surface area contributed by atoms with Gasteiger partial charge in [-0.25, -0.2) is 0 Å². The Morgan fingerprint density at radius 1 is 0.328 bits per heavy atom. The number of ether oxygens (including phenoxy) is 3. The smallest absolute Gasteiger partial charge is 0.306 e. The summed E-state index contributed by atoms with van der Waals surface area (Å²) in [5, 5.41) is 0. The molecule has 0 aromatic rings. The summed E-state index contributed by atoms with van der Waals surface area (Å²) in [6.07, 6.45) is 52.0. The number of carbonyl (C=O) groups is 3. The number of hydrogen-bond donors (Lipinski definition) is 0. The number of allylic oxidation sites excluding steroid dienone is 2. The first-order valence-corrected chi connectivity index (χ1v) is 25.7. The molecule has 0 N–H and O–H groups in total. The first-order chi connectivity index (χ1) is 28.5. The maximum atomic E-state index is 12.7. The van der Waals surface area contributed by atoms with E-state index in [1.807, 2.05) is 0 Å². The van der Waals surface area contributed by atoms with Gasteiger partial charge in [0.05, 0.1) is 0 Å². The van der Waals surface area contributed by atoms with E-state index in [0.29, 0.717) is 19.3 Å². The van der Waals surface area contributed by atoms with Gasteiger partial charge >= 0.3 is 17.9 Å². The van der Waals surface area contributed by atoms with Gasteiger partial charge in [0.25, 0.3) is 0 Å². The second-order valence-corrected chi connectivity index (χ2v) is 17.4. The molecule has 1 atom stereocenters. The molecule has 0 amide bonds. The van der Waals surface area contributed by atoms with Crippen molar-refractivity contribution in [2.24, 2.45) is 0 Å². The predicted molar refractivity (Wildman–Crippen MR) is 247 cm³/mol. The molecule has 1 unspecified atom stereocenters. The normalized spacial score (nSPS) is 12.0. The van der Waals surface area contributed by atoms with Crippen molar-refractivity contribution < 1.29 is 28.6 Å². The van der Waals surface area contributed by atoms with Gasteiger partial charge < -0.3 is 14.2 Å². The molecule has 0 heterocycles. The lowest BCUT2D eigenvalue weighted by molar-refractivity contribution is -0.167. The van der Waals surface area contributed by atoms with E-state index < -0.39 is 6.10 Å². The van der Waals surface area contributed by atoms with Gasteiger partial charge in [-0.05, 0) is 44.9 Å². The molecule has 0 aliphatic carbocycles. The van der Waals surface area contributed by atoms with Gasteiger partial charge in [-0.3, -0.25) is 14.4 Å². The van der Waals surface area contributed by atoms with Crippen molar-refractivity contribution >= 4 is 17.9 Å². The topological polar surface area (TPSA) is 78.9 Å². The van der Waals surface area contributed by atoms with E-state index in [0.717, 1.165) is 64.2 Å². The van der Waals surface area contributed by atoms with E-state index in [-0.39, 0.29) is 31.1 Å². The van der Waals surface area contributed by atoms with Gasteiger partial charge in [0, 0.05) is 19.3 Å². The fraction of sp³-hybridized carbons (Fsp3) is 0.904. The van der Waals surface area contributed by atoms with Crippen molar-refractivity contribution in [3.63, 3.8) is 0 Å². The Morgan fingerprint density at radius 2 is 0.569 bits per heavy atom. The summed E-state index contributed by atoms with van der Waals surface area (Å²) in [7, 11) is 0. The third kappa shape index (κ3) is 45.2. The summed E-state index contributed by atoms with van der Waals surface area (Å²) in [5.41, 5.74) is 0. The van der Waals surface area contributed by atoms with Gasteiger partial charge in [-0.15, -0.1) is 0 Å². The highest BCUT2D eigenvalue weighted by Crippen LogP contribution is 2.16. The van der Waals surface area contributed by atoms with Gasteiger partial charge in [0.2, 0.25) is 0 Å². The second kappa shape index (κ2) is 47.8. The molecule has 0 saturated carbocycles. The minimum Gasteiger partial charge on any atom is -0.462 e. The molecule has 58 heavy (non-hydrogen) atoms. The van der Waals surface area contributed by atoms with Crippen LogP contribution in [0, 0.1) is 0 Å². The van der Waals surface area contributed by atoms with Crippen LogP contribution in [0.4, 0.5) is 0 Å². The molecule has 6 nitrogen and oxygen atoms in total. The van der Waals surface area contributed by atoms with Crippen LogP contribution in [-0.2, 0) is 28.6 Å². The van der Waals surface area contributed by atoms with Gasteiger partial charge in [-0.2, -0.15) is 0 Å². The average molecular weight is 819 g/mol. The van der Waals surface area contributed by atoms with Crippen LogP contribution in [0.25, 0.3) is 0 Å². The van der Waals surface area contributed by atoms with Crippen molar-refractivity contribution in [1.29, 1.82) is 0 Å². The van der Waals surface area contributed by atoms with Crippen molar-refractivity contribution in [2.75, 3.05) is 13.2 Å². The van der Waals surface area contributed by atoms with E-state index in [4.69, 9.17) is 14.2 Å². The molecule has 0 aromatic heterocycles. The van der Waals surface area contributed by atoms with E-state index in [9.17, 15) is 14.4 Å². The Labute approximate surface area is 360 Å². The van der Waals surface area contributed by atoms with Gasteiger partial charge in [0.1, 0.15) is 13.2 Å². The maximum Gasteiger partial charge on any atom is 0.306 e. The van der Waals surface area contributed by atoms with Gasteiger partial charge in [0.15, 0.2) is 6.10 Å². The lowest BCUT2D eigenvalue weighted by atomic mass is 10.0. The molecule has 0 rings (SSSR count). The first kappa shape index (κ1) is 56.1. The fourth-order valence-electron chi connectivity index (χ4n) is 7.61. The summed E-state index contributed by atoms with van der Waals surface area (Å²) in [5.74, 6) is -0.866. The van der Waals surface area contributed by atoms with Crippen LogP contribution in [0.1, 0.15) is 284 Å². The monoisotopic (exact) mass is 819 g/mol. The zero-order valence-corrected chi connectivity index (χ0v) is 39.1. The van der Waals surface area contributed by atoms with Gasteiger partial charge in [-0.1, -0.05) is 232 Å². The number of unbranched alkanes of at least 4 members (excludes halogenated alkanes) is 34. The first-order valence-electron chi connectivity index (χ1n) is 25.7. The largest absolute Gasteiger partial charge is 0.462 e. The summed E-state index contributed by atoms with van der Waals surface area (Å²) in [6, 6.07) is 0. The predicted octanol–water partition coefficient (Wildman–Crippen LogP) is 16.6. The van der Waals surface area contributed by atoms with E-state index in [1.165, 1.54) is 180 Å². The SMILES string of the molecule is CCCCCCCC/C=C\CCCCCCCC(=O)OC(COC(=O)CCCCCCCCCC)COC(=O)CCCCCCCCCCCCCCCCCCC. The fourth-order valence-corrected chi connectivity index (χ4v) is 7.61. The number of rotatable bonds is 47. The molecule has 0 saturated heterocycles. The van der Waals surface area contributed by atoms with Crippen LogP contribution in [0.5, 0.6) is 0 Å². The van der Waals surface area contributed by atoms with Crippen LogP contribution in [0.15, 0.2) is 12.2 Å². The molecule has 0 aromatic carbocycles. The molecule has 0 bridgehead atoms. The number of hydrogen-bond acceptors (Lipinski definition) is 6. The Hall–Kier alpha value is -1.85. The Morgan fingerprint density at radius 3 is 0.862 bits per heavy atom. The Kier molecular flexibility index (Phi) is 46.3. The zero-order chi connectivity index (χ0) is 42.3. The average Bonchev–Trinajstić information content (AvgIpc) is 3.22. The zero-order valence-electron chi connectivity index (χ0n) is 39.1. The summed E-state index contributed by atoms with van der Waals surface area (Å²) >= 11 is 0. The molecular weight excluding hydrogens is 721 g/mol. The third-order valence-electron chi connectivity index (χ3n) is 11.5. The number of esters is 3. The van der Waals surface area contributed by atoms with E-state index in [1.54, 1.807) is 0 Å². The second-order valence-electron chi connectivity index (χ2n) is 17.4. The van der Waals surface area contributed by atoms with Crippen molar-refractivity contribution in [2.45, 2.75) is 290 Å². The van der Waals surface area contributed by atoms with Crippen LogP contribution < -0.4 is 0 Å².